The van der Waals surface area contributed by atoms with Crippen LogP contribution in [0.1, 0.15) is 32.3 Å². The lowest BCUT2D eigenvalue weighted by molar-refractivity contribution is -0.137. The molecular weight excluding hydrogens is 651 g/mol. The first-order chi connectivity index (χ1) is 23.6. The summed E-state index contributed by atoms with van der Waals surface area (Å²) in [7, 11) is 1.52. The first-order valence-electron chi connectivity index (χ1n) is 14.9. The minimum Gasteiger partial charge on any atom is -0.497 e. The molecule has 0 aromatic heterocycles. The molecule has 1 atom stereocenters. The Morgan fingerprint density at radius 3 is 2.08 bits per heavy atom. The lowest BCUT2D eigenvalue weighted by Gasteiger charge is -2.18. The molecule has 0 aliphatic heterocycles. The van der Waals surface area contributed by atoms with Crippen molar-refractivity contribution in [2.24, 2.45) is 0 Å². The van der Waals surface area contributed by atoms with Crippen LogP contribution in [0.15, 0.2) is 144 Å². The predicted octanol–water partition coefficient (Wildman–Crippen LogP) is 8.60. The van der Waals surface area contributed by atoms with Crippen LogP contribution in [0.2, 0.25) is 0 Å². The van der Waals surface area contributed by atoms with Crippen LogP contribution in [0.5, 0.6) is 5.75 Å². The lowest BCUT2D eigenvalue weighted by atomic mass is 10.1. The van der Waals surface area contributed by atoms with Gasteiger partial charge in [-0.15, -0.1) is 11.8 Å². The zero-order valence-electron chi connectivity index (χ0n) is 26.0. The summed E-state index contributed by atoms with van der Waals surface area (Å²) in [5, 5.41) is 7.28. The topological polar surface area (TPSA) is 96.5 Å². The van der Waals surface area contributed by atoms with Crippen LogP contribution in [0, 0.1) is 0 Å². The molecule has 0 fully saturated rings. The summed E-state index contributed by atoms with van der Waals surface area (Å²) >= 11 is 1.16. The Morgan fingerprint density at radius 1 is 0.735 bits per heavy atom. The maximum atomic E-state index is 13.6. The molecule has 0 heterocycles. The van der Waals surface area contributed by atoms with Gasteiger partial charge in [0, 0.05) is 21.8 Å². The fourth-order valence-corrected chi connectivity index (χ4v) is 5.79. The number of amides is 3. The van der Waals surface area contributed by atoms with E-state index < -0.39 is 34.7 Å². The van der Waals surface area contributed by atoms with Gasteiger partial charge in [0.15, 0.2) is 0 Å². The summed E-state index contributed by atoms with van der Waals surface area (Å²) < 4.78 is 45.2. The number of carbonyl (C=O) groups is 3. The highest BCUT2D eigenvalue weighted by Gasteiger charge is 2.31. The largest absolute Gasteiger partial charge is 0.497 e. The molecule has 0 aliphatic carbocycles. The van der Waals surface area contributed by atoms with E-state index in [1.54, 1.807) is 109 Å². The van der Waals surface area contributed by atoms with E-state index >= 15 is 0 Å². The maximum absolute atomic E-state index is 13.6. The smallest absolute Gasteiger partial charge is 0.416 e. The maximum Gasteiger partial charge on any atom is 0.416 e. The highest BCUT2D eigenvalue weighted by Crippen LogP contribution is 2.38. The van der Waals surface area contributed by atoms with Crippen molar-refractivity contribution in [2.75, 3.05) is 17.7 Å². The second-order valence-electron chi connectivity index (χ2n) is 10.6. The van der Waals surface area contributed by atoms with E-state index in [9.17, 15) is 27.6 Å². The van der Waals surface area contributed by atoms with Gasteiger partial charge in [-0.2, -0.15) is 13.2 Å². The van der Waals surface area contributed by atoms with Crippen LogP contribution in [0.3, 0.4) is 0 Å². The molecule has 5 aromatic carbocycles. The van der Waals surface area contributed by atoms with Gasteiger partial charge in [-0.25, -0.2) is 0 Å². The summed E-state index contributed by atoms with van der Waals surface area (Å²) in [6.45, 7) is 0. The van der Waals surface area contributed by atoms with Crippen molar-refractivity contribution in [1.82, 2.24) is 5.32 Å². The molecule has 11 heteroatoms. The van der Waals surface area contributed by atoms with Gasteiger partial charge >= 0.3 is 6.18 Å². The van der Waals surface area contributed by atoms with Crippen molar-refractivity contribution in [3.05, 3.63) is 161 Å². The fraction of sp³-hybridized carbons (Fsp3) is 0.0789. The summed E-state index contributed by atoms with van der Waals surface area (Å²) in [5.74, 6) is -1.04. The second kappa shape index (κ2) is 15.9. The first-order valence-corrected chi connectivity index (χ1v) is 15.8. The third-order valence-corrected chi connectivity index (χ3v) is 8.33. The molecule has 5 aromatic rings. The standard InChI is InChI=1S/C38H30F3N3O4S/c1-48-31-19-8-11-25(21-31)22-33(44-35(45)27-14-6-3-7-15-27)36(46)42-30-18-10-20-32(24-30)49-34(26-12-4-2-5-13-26)37(47)43-29-17-9-16-28(23-29)38(39,40)41/h2-24,34H,1H3,(H,42,46)(H,43,47)(H,44,45)/b33-22-. The van der Waals surface area contributed by atoms with Gasteiger partial charge in [0.2, 0.25) is 5.91 Å². The van der Waals surface area contributed by atoms with E-state index in [1.807, 2.05) is 0 Å². The quantitative estimate of drug-likeness (QED) is 0.0959. The number of halogens is 3. The average molecular weight is 682 g/mol. The van der Waals surface area contributed by atoms with Crippen LogP contribution >= 0.6 is 11.8 Å². The minimum absolute atomic E-state index is 0.00951. The number of hydrogen-bond donors (Lipinski definition) is 3. The van der Waals surface area contributed by atoms with Gasteiger partial charge in [0.25, 0.3) is 11.8 Å². The molecule has 0 bridgehead atoms. The molecule has 7 nitrogen and oxygen atoms in total. The number of anilines is 2. The van der Waals surface area contributed by atoms with Crippen molar-refractivity contribution in [1.29, 1.82) is 0 Å². The first kappa shape index (κ1) is 34.5. The number of benzene rings is 5. The number of alkyl halides is 3. The number of nitrogens with one attached hydrogen (secondary N) is 3. The highest BCUT2D eigenvalue weighted by molar-refractivity contribution is 8.00. The average Bonchev–Trinajstić information content (AvgIpc) is 3.11. The molecule has 0 radical (unpaired) electrons. The number of rotatable bonds is 11. The number of hydrogen-bond acceptors (Lipinski definition) is 5. The van der Waals surface area contributed by atoms with Crippen LogP contribution in [-0.2, 0) is 15.8 Å². The van der Waals surface area contributed by atoms with Crippen LogP contribution in [-0.4, -0.2) is 24.8 Å². The molecule has 0 spiro atoms. The van der Waals surface area contributed by atoms with E-state index in [-0.39, 0.29) is 11.4 Å². The van der Waals surface area contributed by atoms with Crippen molar-refractivity contribution in [3.8, 4) is 5.75 Å². The van der Waals surface area contributed by atoms with Crippen LogP contribution in [0.25, 0.3) is 6.08 Å². The summed E-state index contributed by atoms with van der Waals surface area (Å²) in [5.41, 5.74) is 1.08. The highest BCUT2D eigenvalue weighted by atomic mass is 32.2. The Labute approximate surface area is 285 Å². The van der Waals surface area contributed by atoms with Crippen molar-refractivity contribution >= 4 is 46.9 Å². The molecule has 3 amide bonds. The van der Waals surface area contributed by atoms with E-state index in [2.05, 4.69) is 16.0 Å². The lowest BCUT2D eigenvalue weighted by Crippen LogP contribution is -2.30. The SMILES string of the molecule is COc1cccc(/C=C(\NC(=O)c2ccccc2)C(=O)Nc2cccc(SC(C(=O)Nc3cccc(C(F)(F)F)c3)c3ccccc3)c2)c1. The van der Waals surface area contributed by atoms with E-state index in [0.29, 0.717) is 33.0 Å². The predicted molar refractivity (Wildman–Crippen MR) is 185 cm³/mol. The van der Waals surface area contributed by atoms with Crippen LogP contribution in [0.4, 0.5) is 24.5 Å². The molecule has 0 aliphatic rings. The monoisotopic (exact) mass is 681 g/mol. The van der Waals surface area contributed by atoms with Gasteiger partial charge in [-0.3, -0.25) is 14.4 Å². The summed E-state index contributed by atoms with van der Waals surface area (Å²) in [6, 6.07) is 35.5. The Morgan fingerprint density at radius 2 is 1.39 bits per heavy atom. The van der Waals surface area contributed by atoms with Gasteiger partial charge in [-0.05, 0) is 77.9 Å². The second-order valence-corrected chi connectivity index (χ2v) is 11.8. The van der Waals surface area contributed by atoms with E-state index in [4.69, 9.17) is 4.74 Å². The Hall–Kier alpha value is -5.81. The zero-order valence-corrected chi connectivity index (χ0v) is 26.8. The minimum atomic E-state index is -4.56. The Bertz CT molecular complexity index is 1970. The molecule has 0 saturated carbocycles. The van der Waals surface area contributed by atoms with E-state index in [1.165, 1.54) is 25.3 Å². The molecule has 1 unspecified atom stereocenters. The Kier molecular flexibility index (Phi) is 11.2. The van der Waals surface area contributed by atoms with Crippen molar-refractivity contribution < 1.29 is 32.3 Å². The molecule has 3 N–H and O–H groups in total. The van der Waals surface area contributed by atoms with Gasteiger partial charge < -0.3 is 20.7 Å². The number of ether oxygens (including phenoxy) is 1. The number of carbonyl (C=O) groups excluding carboxylic acids is 3. The molecule has 5 rings (SSSR count). The van der Waals surface area contributed by atoms with Gasteiger partial charge in [0.1, 0.15) is 16.7 Å². The van der Waals surface area contributed by atoms with Crippen molar-refractivity contribution in [3.63, 3.8) is 0 Å². The van der Waals surface area contributed by atoms with Gasteiger partial charge in [0.05, 0.1) is 12.7 Å². The van der Waals surface area contributed by atoms with Gasteiger partial charge in [-0.1, -0.05) is 72.8 Å². The zero-order chi connectivity index (χ0) is 34.8. The normalized spacial score (nSPS) is 12.0. The third-order valence-electron chi connectivity index (χ3n) is 7.08. The number of thioether (sulfide) groups is 1. The molecular formula is C38H30F3N3O4S. The fourth-order valence-electron chi connectivity index (χ4n) is 4.70. The Balaban J connectivity index is 1.38. The third kappa shape index (κ3) is 9.61. The molecule has 49 heavy (non-hydrogen) atoms. The summed E-state index contributed by atoms with van der Waals surface area (Å²) in [6.07, 6.45) is -3.03. The van der Waals surface area contributed by atoms with Crippen molar-refractivity contribution in [2.45, 2.75) is 16.3 Å². The number of methoxy groups -OCH3 is 1. The van der Waals surface area contributed by atoms with E-state index in [0.717, 1.165) is 23.9 Å². The molecule has 248 valence electrons. The molecule has 0 saturated heterocycles. The summed E-state index contributed by atoms with van der Waals surface area (Å²) in [4.78, 5) is 40.8. The van der Waals surface area contributed by atoms with Crippen LogP contribution < -0.4 is 20.7 Å².